The normalized spacial score (nSPS) is 11.4. The maximum Gasteiger partial charge on any atom is 0.0543 e. The van der Waals surface area contributed by atoms with Crippen LogP contribution < -0.4 is 4.90 Å². The third-order valence-corrected chi connectivity index (χ3v) is 8.63. The van der Waals surface area contributed by atoms with Gasteiger partial charge in [-0.25, -0.2) is 0 Å². The Morgan fingerprint density at radius 3 is 1.58 bits per heavy atom. The zero-order valence-electron chi connectivity index (χ0n) is 26.1. The average molecular weight is 580 g/mol. The van der Waals surface area contributed by atoms with Crippen molar-refractivity contribution >= 4 is 27.8 Å². The van der Waals surface area contributed by atoms with Crippen LogP contribution in [0.3, 0.4) is 0 Å². The molecule has 0 amide bonds. The predicted octanol–water partition coefficient (Wildman–Crippen LogP) is 12.6. The van der Waals surface area contributed by atoms with Crippen LogP contribution in [0.15, 0.2) is 170 Å². The molecule has 1 heteroatoms. The number of anilines is 3. The molecular weight excluding hydrogens is 542 g/mol. The van der Waals surface area contributed by atoms with Crippen molar-refractivity contribution in [1.29, 1.82) is 0 Å². The first kappa shape index (κ1) is 28.4. The first-order valence-corrected chi connectivity index (χ1v) is 15.7. The van der Waals surface area contributed by atoms with Crippen molar-refractivity contribution in [3.05, 3.63) is 175 Å². The highest BCUT2D eigenvalue weighted by atomic mass is 15.1. The fourth-order valence-corrected chi connectivity index (χ4v) is 6.35. The highest BCUT2D eigenvalue weighted by molar-refractivity contribution is 6.09. The van der Waals surface area contributed by atoms with Gasteiger partial charge >= 0.3 is 0 Å². The van der Waals surface area contributed by atoms with Crippen molar-refractivity contribution in [3.63, 3.8) is 0 Å². The summed E-state index contributed by atoms with van der Waals surface area (Å²) in [6.07, 6.45) is 0. The van der Waals surface area contributed by atoms with Crippen molar-refractivity contribution in [1.82, 2.24) is 0 Å². The van der Waals surface area contributed by atoms with E-state index in [0.29, 0.717) is 0 Å². The third kappa shape index (κ3) is 5.54. The van der Waals surface area contributed by atoms with E-state index in [1.807, 2.05) is 0 Å². The Morgan fingerprint density at radius 2 is 0.933 bits per heavy atom. The quantitative estimate of drug-likeness (QED) is 0.189. The molecule has 7 rings (SSSR count). The monoisotopic (exact) mass is 579 g/mol. The minimum absolute atomic E-state index is 0.00788. The molecule has 218 valence electrons. The molecule has 0 spiro atoms. The van der Waals surface area contributed by atoms with Gasteiger partial charge in [0.1, 0.15) is 0 Å². The molecule has 0 saturated heterocycles. The first-order valence-electron chi connectivity index (χ1n) is 15.7. The van der Waals surface area contributed by atoms with Crippen molar-refractivity contribution < 1.29 is 0 Å². The molecule has 45 heavy (non-hydrogen) atoms. The lowest BCUT2D eigenvalue weighted by molar-refractivity contribution is 0.590. The lowest BCUT2D eigenvalue weighted by Crippen LogP contribution is -2.16. The van der Waals surface area contributed by atoms with E-state index < -0.39 is 0 Å². The summed E-state index contributed by atoms with van der Waals surface area (Å²) in [7, 11) is 0. The van der Waals surface area contributed by atoms with Crippen LogP contribution in [-0.2, 0) is 5.41 Å². The average Bonchev–Trinajstić information content (AvgIpc) is 3.09. The van der Waals surface area contributed by atoms with E-state index in [4.69, 9.17) is 0 Å². The fraction of sp³-hybridized carbons (Fsp3) is 0.0909. The molecule has 0 atom stereocenters. The maximum absolute atomic E-state index is 2.46. The van der Waals surface area contributed by atoms with Gasteiger partial charge in [0.2, 0.25) is 0 Å². The molecule has 0 heterocycles. The predicted molar refractivity (Wildman–Crippen MR) is 194 cm³/mol. The Hall–Kier alpha value is -5.40. The Morgan fingerprint density at radius 1 is 0.400 bits per heavy atom. The summed E-state index contributed by atoms with van der Waals surface area (Å²) in [6, 6.07) is 61.5. The fourth-order valence-electron chi connectivity index (χ4n) is 6.35. The molecule has 0 bridgehead atoms. The number of hydrogen-bond donors (Lipinski definition) is 0. The zero-order valence-corrected chi connectivity index (χ0v) is 26.1. The van der Waals surface area contributed by atoms with Gasteiger partial charge < -0.3 is 4.90 Å². The van der Waals surface area contributed by atoms with Crippen LogP contribution in [0.5, 0.6) is 0 Å². The Bertz CT molecular complexity index is 2070. The van der Waals surface area contributed by atoms with Crippen LogP contribution in [0.1, 0.15) is 26.3 Å². The largest absolute Gasteiger partial charge is 0.309 e. The van der Waals surface area contributed by atoms with Gasteiger partial charge in [-0.1, -0.05) is 166 Å². The summed E-state index contributed by atoms with van der Waals surface area (Å²) in [6.45, 7) is 6.86. The van der Waals surface area contributed by atoms with E-state index in [0.717, 1.165) is 17.1 Å². The highest BCUT2D eigenvalue weighted by Crippen LogP contribution is 2.47. The molecule has 0 aromatic heterocycles. The van der Waals surface area contributed by atoms with E-state index in [9.17, 15) is 0 Å². The SMILES string of the molecule is CC(C)(C)c1ccc(-c2ccccc2)c(N(c2ccccc2)c2ccccc2-c2cccc3cccc(-c4ccccc4)c23)c1. The van der Waals surface area contributed by atoms with Gasteiger partial charge in [-0.3, -0.25) is 0 Å². The van der Waals surface area contributed by atoms with Crippen LogP contribution in [0.2, 0.25) is 0 Å². The summed E-state index contributed by atoms with van der Waals surface area (Å²) in [5.74, 6) is 0. The molecule has 0 N–H and O–H groups in total. The number of rotatable bonds is 6. The second kappa shape index (κ2) is 11.9. The standard InChI is InChI=1S/C44H37N/c1-44(2,3)35-29-30-37(32-17-7-4-8-18-32)42(31-35)45(36-23-11-6-12-24-36)41-28-14-13-25-39(41)40-27-16-22-34-21-15-26-38(43(34)40)33-19-9-5-10-20-33/h4-31H,1-3H3. The summed E-state index contributed by atoms with van der Waals surface area (Å²) >= 11 is 0. The summed E-state index contributed by atoms with van der Waals surface area (Å²) in [5, 5.41) is 2.49. The molecule has 0 fully saturated rings. The van der Waals surface area contributed by atoms with Crippen molar-refractivity contribution in [2.45, 2.75) is 26.2 Å². The van der Waals surface area contributed by atoms with Crippen LogP contribution in [-0.4, -0.2) is 0 Å². The van der Waals surface area contributed by atoms with E-state index >= 15 is 0 Å². The van der Waals surface area contributed by atoms with Gasteiger partial charge in [-0.15, -0.1) is 0 Å². The highest BCUT2D eigenvalue weighted by Gasteiger charge is 2.24. The van der Waals surface area contributed by atoms with E-state index in [1.165, 1.54) is 49.7 Å². The smallest absolute Gasteiger partial charge is 0.0543 e. The summed E-state index contributed by atoms with van der Waals surface area (Å²) in [5.41, 5.74) is 12.0. The lowest BCUT2D eigenvalue weighted by Gasteiger charge is -2.32. The number of fused-ring (bicyclic) bond motifs is 1. The molecule has 1 nitrogen and oxygen atoms in total. The second-order valence-electron chi connectivity index (χ2n) is 12.6. The van der Waals surface area contributed by atoms with Crippen LogP contribution in [0, 0.1) is 0 Å². The van der Waals surface area contributed by atoms with Gasteiger partial charge in [0.25, 0.3) is 0 Å². The Kier molecular flexibility index (Phi) is 7.53. The molecule has 0 radical (unpaired) electrons. The Balaban J connectivity index is 1.54. The number of benzene rings is 7. The van der Waals surface area contributed by atoms with Gasteiger partial charge in [-0.05, 0) is 68.3 Å². The van der Waals surface area contributed by atoms with Crippen molar-refractivity contribution in [2.24, 2.45) is 0 Å². The Labute approximate surface area is 267 Å². The van der Waals surface area contributed by atoms with Crippen LogP contribution >= 0.6 is 0 Å². The van der Waals surface area contributed by atoms with E-state index in [1.54, 1.807) is 0 Å². The van der Waals surface area contributed by atoms with Gasteiger partial charge in [0, 0.05) is 16.8 Å². The van der Waals surface area contributed by atoms with Gasteiger partial charge in [-0.2, -0.15) is 0 Å². The molecule has 7 aromatic rings. The first-order chi connectivity index (χ1) is 22.0. The minimum Gasteiger partial charge on any atom is -0.309 e. The van der Waals surface area contributed by atoms with E-state index in [-0.39, 0.29) is 5.41 Å². The minimum atomic E-state index is -0.00788. The second-order valence-corrected chi connectivity index (χ2v) is 12.6. The molecule has 0 aliphatic rings. The molecular formula is C44H37N. The maximum atomic E-state index is 2.46. The topological polar surface area (TPSA) is 3.24 Å². The molecule has 7 aromatic carbocycles. The number of nitrogens with zero attached hydrogens (tertiary/aromatic N) is 1. The molecule has 0 aliphatic carbocycles. The lowest BCUT2D eigenvalue weighted by atomic mass is 9.85. The molecule has 0 unspecified atom stereocenters. The third-order valence-electron chi connectivity index (χ3n) is 8.63. The van der Waals surface area contributed by atoms with Gasteiger partial charge in [0.05, 0.1) is 11.4 Å². The summed E-state index contributed by atoms with van der Waals surface area (Å²) in [4.78, 5) is 2.46. The summed E-state index contributed by atoms with van der Waals surface area (Å²) < 4.78 is 0. The molecule has 0 aliphatic heterocycles. The van der Waals surface area contributed by atoms with Crippen molar-refractivity contribution in [2.75, 3.05) is 4.90 Å². The van der Waals surface area contributed by atoms with Crippen molar-refractivity contribution in [3.8, 4) is 33.4 Å². The van der Waals surface area contributed by atoms with E-state index in [2.05, 4.69) is 196 Å². The zero-order chi connectivity index (χ0) is 30.8. The van der Waals surface area contributed by atoms with Gasteiger partial charge in [0.15, 0.2) is 0 Å². The van der Waals surface area contributed by atoms with Crippen LogP contribution in [0.25, 0.3) is 44.2 Å². The number of para-hydroxylation sites is 2. The molecule has 0 saturated carbocycles. The van der Waals surface area contributed by atoms with Crippen LogP contribution in [0.4, 0.5) is 17.1 Å². The number of hydrogen-bond acceptors (Lipinski definition) is 1.